The highest BCUT2D eigenvalue weighted by Crippen LogP contribution is 2.07. The molecular formula is C19H24N5O+. The Morgan fingerprint density at radius 3 is 2.24 bits per heavy atom. The molecule has 0 radical (unpaired) electrons. The van der Waals surface area contributed by atoms with Gasteiger partial charge in [0.1, 0.15) is 0 Å². The molecule has 2 amide bonds. The third kappa shape index (κ3) is 5.06. The lowest BCUT2D eigenvalue weighted by Crippen LogP contribution is -2.51. The van der Waals surface area contributed by atoms with Crippen molar-refractivity contribution >= 4 is 17.7 Å². The van der Waals surface area contributed by atoms with Gasteiger partial charge in [-0.3, -0.25) is 20.5 Å². The van der Waals surface area contributed by atoms with Crippen LogP contribution < -0.4 is 16.4 Å². The van der Waals surface area contributed by atoms with Gasteiger partial charge < -0.3 is 0 Å². The van der Waals surface area contributed by atoms with Crippen molar-refractivity contribution in [2.24, 2.45) is 5.73 Å². The lowest BCUT2D eigenvalue weighted by Gasteiger charge is -2.28. The zero-order chi connectivity index (χ0) is 17.5. The predicted molar refractivity (Wildman–Crippen MR) is 99.5 cm³/mol. The number of rotatable bonds is 3. The van der Waals surface area contributed by atoms with Gasteiger partial charge in [-0.15, -0.1) is 0 Å². The van der Waals surface area contributed by atoms with Crippen molar-refractivity contribution in [2.45, 2.75) is 6.54 Å². The van der Waals surface area contributed by atoms with Crippen molar-refractivity contribution < 1.29 is 9.37 Å². The summed E-state index contributed by atoms with van der Waals surface area (Å²) in [4.78, 5) is 14.4. The fourth-order valence-corrected chi connectivity index (χ4v) is 2.87. The summed E-state index contributed by atoms with van der Waals surface area (Å²) in [5.74, 6) is 0.396. The summed E-state index contributed by atoms with van der Waals surface area (Å²) in [6.45, 7) is 4.36. The molecule has 0 spiro atoms. The maximum absolute atomic E-state index is 12.0. The Kier molecular flexibility index (Phi) is 5.64. The predicted octanol–water partition coefficient (Wildman–Crippen LogP) is 1.65. The van der Waals surface area contributed by atoms with E-state index >= 15 is 0 Å². The van der Waals surface area contributed by atoms with Crippen molar-refractivity contribution in [3.8, 4) is 0 Å². The molecule has 1 fully saturated rings. The molecule has 1 saturated heterocycles. The van der Waals surface area contributed by atoms with Gasteiger partial charge in [-0.2, -0.15) is 5.32 Å². The molecule has 130 valence electrons. The van der Waals surface area contributed by atoms with Crippen molar-refractivity contribution in [3.63, 3.8) is 0 Å². The summed E-state index contributed by atoms with van der Waals surface area (Å²) >= 11 is 0. The SMILES string of the molecule is NC(NC(=O)Nc1ccccc1)=[N+]1CCN(Cc2ccccc2)CC1. The lowest BCUT2D eigenvalue weighted by molar-refractivity contribution is -0.542. The maximum atomic E-state index is 12.0. The molecule has 2 aromatic rings. The Bertz CT molecular complexity index is 720. The average molecular weight is 338 g/mol. The van der Waals surface area contributed by atoms with Gasteiger partial charge in [0.15, 0.2) is 0 Å². The Morgan fingerprint density at radius 2 is 1.60 bits per heavy atom. The molecule has 6 nitrogen and oxygen atoms in total. The molecule has 1 aliphatic rings. The number of carbonyl (C=O) groups excluding carboxylic acids is 1. The van der Waals surface area contributed by atoms with Crippen molar-refractivity contribution in [1.82, 2.24) is 10.2 Å². The van der Waals surface area contributed by atoms with Gasteiger partial charge in [0.05, 0.1) is 13.1 Å². The van der Waals surface area contributed by atoms with Crippen LogP contribution in [0.1, 0.15) is 5.56 Å². The lowest BCUT2D eigenvalue weighted by atomic mass is 10.2. The zero-order valence-corrected chi connectivity index (χ0v) is 14.2. The number of hydrogen-bond donors (Lipinski definition) is 3. The third-order valence-corrected chi connectivity index (χ3v) is 4.24. The van der Waals surface area contributed by atoms with Crippen LogP contribution in [0, 0.1) is 0 Å². The highest BCUT2D eigenvalue weighted by Gasteiger charge is 2.20. The van der Waals surface area contributed by atoms with Gasteiger partial charge >= 0.3 is 12.0 Å². The van der Waals surface area contributed by atoms with E-state index < -0.39 is 0 Å². The standard InChI is InChI=1S/C19H23N5O/c20-18(22-19(25)21-17-9-5-2-6-10-17)24-13-11-23(12-14-24)15-16-7-3-1-4-8-16/h1-10H,11-15H2,(H3,20,21,22,25)/p+1. The van der Waals surface area contributed by atoms with Crippen molar-refractivity contribution in [2.75, 3.05) is 31.5 Å². The number of piperazine rings is 1. The number of benzene rings is 2. The summed E-state index contributed by atoms with van der Waals surface area (Å²) in [6, 6.07) is 19.4. The van der Waals surface area contributed by atoms with Gasteiger partial charge in [0.25, 0.3) is 0 Å². The quantitative estimate of drug-likeness (QED) is 0.588. The number of para-hydroxylation sites is 1. The van der Waals surface area contributed by atoms with E-state index in [1.54, 1.807) is 0 Å². The van der Waals surface area contributed by atoms with Gasteiger partial charge in [-0.1, -0.05) is 48.5 Å². The second kappa shape index (κ2) is 8.30. The van der Waals surface area contributed by atoms with Crippen LogP contribution in [0.3, 0.4) is 0 Å². The van der Waals surface area contributed by atoms with Crippen molar-refractivity contribution in [1.29, 1.82) is 0 Å². The van der Waals surface area contributed by atoms with Crippen LogP contribution in [0.25, 0.3) is 0 Å². The number of amides is 2. The first-order valence-electron chi connectivity index (χ1n) is 8.47. The summed E-state index contributed by atoms with van der Waals surface area (Å²) in [7, 11) is 0. The Hall–Kier alpha value is -2.86. The number of hydrogen-bond acceptors (Lipinski definition) is 2. The van der Waals surface area contributed by atoms with E-state index in [1.165, 1.54) is 5.56 Å². The Labute approximate surface area is 148 Å². The van der Waals surface area contributed by atoms with Gasteiger partial charge in [-0.25, -0.2) is 4.79 Å². The normalized spacial score (nSPS) is 14.8. The van der Waals surface area contributed by atoms with Crippen molar-refractivity contribution in [3.05, 3.63) is 66.2 Å². The van der Waals surface area contributed by atoms with Crippen LogP contribution in [-0.2, 0) is 6.54 Å². The van der Waals surface area contributed by atoms with E-state index in [0.717, 1.165) is 38.4 Å². The van der Waals surface area contributed by atoms with Crippen LogP contribution in [0.5, 0.6) is 0 Å². The Balaban J connectivity index is 1.49. The minimum absolute atomic E-state index is 0.324. The van der Waals surface area contributed by atoms with Gasteiger partial charge in [0, 0.05) is 25.3 Å². The maximum Gasteiger partial charge on any atom is 0.384 e. The molecular weight excluding hydrogens is 314 g/mol. The second-order valence-corrected chi connectivity index (χ2v) is 6.08. The molecule has 1 aliphatic heterocycles. The third-order valence-electron chi connectivity index (χ3n) is 4.24. The van der Waals surface area contributed by atoms with E-state index in [2.05, 4.69) is 39.8 Å². The summed E-state index contributed by atoms with van der Waals surface area (Å²) in [5.41, 5.74) is 8.10. The minimum atomic E-state index is -0.324. The molecule has 2 aromatic carbocycles. The van der Waals surface area contributed by atoms with E-state index in [-0.39, 0.29) is 6.03 Å². The molecule has 4 N–H and O–H groups in total. The minimum Gasteiger partial charge on any atom is -0.295 e. The molecule has 25 heavy (non-hydrogen) atoms. The number of guanidine groups is 1. The Morgan fingerprint density at radius 1 is 1.00 bits per heavy atom. The van der Waals surface area contributed by atoms with Crippen LogP contribution in [0.4, 0.5) is 10.5 Å². The molecule has 0 unspecified atom stereocenters. The molecule has 0 aliphatic carbocycles. The van der Waals surface area contributed by atoms with Crippen LogP contribution >= 0.6 is 0 Å². The van der Waals surface area contributed by atoms with Crippen LogP contribution in [-0.4, -0.2) is 47.6 Å². The largest absolute Gasteiger partial charge is 0.384 e. The highest BCUT2D eigenvalue weighted by molar-refractivity contribution is 6.00. The topological polar surface area (TPSA) is 73.4 Å². The summed E-state index contributed by atoms with van der Waals surface area (Å²) in [5, 5.41) is 5.48. The smallest absolute Gasteiger partial charge is 0.295 e. The molecule has 3 rings (SSSR count). The fraction of sp³-hybridized carbons (Fsp3) is 0.263. The van der Waals surface area contributed by atoms with Gasteiger partial charge in [-0.05, 0) is 17.7 Å². The summed E-state index contributed by atoms with van der Waals surface area (Å²) < 4.78 is 2.01. The first-order valence-corrected chi connectivity index (χ1v) is 8.47. The first kappa shape index (κ1) is 17.0. The molecule has 0 atom stereocenters. The van der Waals surface area contributed by atoms with E-state index in [1.807, 2.05) is 41.0 Å². The molecule has 0 bridgehead atoms. The number of urea groups is 1. The van der Waals surface area contributed by atoms with E-state index in [9.17, 15) is 4.79 Å². The van der Waals surface area contributed by atoms with Gasteiger partial charge in [0.2, 0.25) is 0 Å². The number of nitrogens with two attached hydrogens (primary N) is 1. The fourth-order valence-electron chi connectivity index (χ4n) is 2.87. The van der Waals surface area contributed by atoms with Crippen LogP contribution in [0.15, 0.2) is 60.7 Å². The number of nitrogens with one attached hydrogen (secondary N) is 2. The zero-order valence-electron chi connectivity index (χ0n) is 14.2. The average Bonchev–Trinajstić information content (AvgIpc) is 2.64. The molecule has 1 heterocycles. The molecule has 6 heteroatoms. The molecule has 0 aromatic heterocycles. The first-order chi connectivity index (χ1) is 12.2. The highest BCUT2D eigenvalue weighted by atomic mass is 16.2. The monoisotopic (exact) mass is 338 g/mol. The molecule has 0 saturated carbocycles. The number of nitrogens with zero attached hydrogens (tertiary/aromatic N) is 2. The summed E-state index contributed by atoms with van der Waals surface area (Å²) in [6.07, 6.45) is 0. The van der Waals surface area contributed by atoms with Crippen LogP contribution in [0.2, 0.25) is 0 Å². The van der Waals surface area contributed by atoms with E-state index in [0.29, 0.717) is 5.96 Å². The second-order valence-electron chi connectivity index (χ2n) is 6.08. The van der Waals surface area contributed by atoms with E-state index in [4.69, 9.17) is 5.73 Å². The number of anilines is 1. The number of carbonyl (C=O) groups is 1.